The Morgan fingerprint density at radius 3 is 2.44 bits per heavy atom. The number of anilines is 2. The van der Waals surface area contributed by atoms with Crippen molar-refractivity contribution in [2.24, 2.45) is 0 Å². The fourth-order valence-electron chi connectivity index (χ4n) is 3.36. The van der Waals surface area contributed by atoms with Crippen molar-refractivity contribution in [3.05, 3.63) is 106 Å². The van der Waals surface area contributed by atoms with E-state index in [1.54, 1.807) is 85.8 Å². The maximum atomic E-state index is 13.3. The van der Waals surface area contributed by atoms with Gasteiger partial charge in [0.1, 0.15) is 10.7 Å². The third-order valence-electron chi connectivity index (χ3n) is 5.22. The number of carbonyl (C=O) groups excluding carboxylic acids is 3. The second kappa shape index (κ2) is 13.2. The van der Waals surface area contributed by atoms with Gasteiger partial charge in [0.25, 0.3) is 11.8 Å². The quantitative estimate of drug-likeness (QED) is 0.165. The van der Waals surface area contributed by atoms with Crippen LogP contribution in [0.1, 0.15) is 27.9 Å². The lowest BCUT2D eigenvalue weighted by Gasteiger charge is -2.13. The highest BCUT2D eigenvalue weighted by molar-refractivity contribution is 8.00. The Morgan fingerprint density at radius 2 is 1.72 bits per heavy atom. The molecular formula is C28H24ClN5O3S2. The second-order valence-corrected chi connectivity index (χ2v) is 11.3. The van der Waals surface area contributed by atoms with Crippen molar-refractivity contribution >= 4 is 69.3 Å². The van der Waals surface area contributed by atoms with Crippen LogP contribution in [0.3, 0.4) is 0 Å². The maximum absolute atomic E-state index is 13.3. The normalized spacial score (nSPS) is 11.9. The van der Waals surface area contributed by atoms with Gasteiger partial charge in [-0.05, 0) is 68.0 Å². The van der Waals surface area contributed by atoms with E-state index in [1.165, 1.54) is 23.1 Å². The molecule has 8 nitrogen and oxygen atoms in total. The number of hydrogen-bond donors (Lipinski definition) is 3. The van der Waals surface area contributed by atoms with E-state index in [-0.39, 0.29) is 11.6 Å². The fraction of sp³-hybridized carbons (Fsp3) is 0.107. The standard InChI is InChI=1S/C28H24ClN5O3S2/c1-17(25(35)32-28-34-33-18(2)39-28)38-23-13-7-12-22(16-23)30-27(37)24(15-19-8-6-11-21(29)14-19)31-26(36)20-9-4-3-5-10-20/h3-17H,1-2H3,(H,30,37)(H,31,36)(H,32,34,35)/b24-15-. The average Bonchev–Trinajstić information content (AvgIpc) is 3.33. The summed E-state index contributed by atoms with van der Waals surface area (Å²) in [5, 5.41) is 17.4. The summed E-state index contributed by atoms with van der Waals surface area (Å²) in [7, 11) is 0. The molecule has 0 saturated carbocycles. The van der Waals surface area contributed by atoms with Gasteiger partial charge in [-0.2, -0.15) is 0 Å². The number of halogens is 1. The van der Waals surface area contributed by atoms with Crippen LogP contribution in [0.15, 0.2) is 89.5 Å². The van der Waals surface area contributed by atoms with Crippen molar-refractivity contribution in [1.82, 2.24) is 15.5 Å². The van der Waals surface area contributed by atoms with E-state index in [0.717, 1.165) is 9.90 Å². The van der Waals surface area contributed by atoms with Crippen LogP contribution in [0.2, 0.25) is 5.02 Å². The van der Waals surface area contributed by atoms with Crippen LogP contribution < -0.4 is 16.0 Å². The van der Waals surface area contributed by atoms with Crippen LogP contribution in [-0.4, -0.2) is 33.2 Å². The molecule has 0 aliphatic carbocycles. The molecule has 0 saturated heterocycles. The molecule has 1 heterocycles. The van der Waals surface area contributed by atoms with Gasteiger partial charge in [-0.3, -0.25) is 19.7 Å². The molecule has 0 spiro atoms. The molecule has 1 atom stereocenters. The van der Waals surface area contributed by atoms with E-state index >= 15 is 0 Å². The molecule has 0 bridgehead atoms. The number of thioether (sulfide) groups is 1. The first-order valence-corrected chi connectivity index (χ1v) is 13.9. The van der Waals surface area contributed by atoms with Gasteiger partial charge in [-0.25, -0.2) is 0 Å². The van der Waals surface area contributed by atoms with Crippen molar-refractivity contribution in [1.29, 1.82) is 0 Å². The molecule has 1 unspecified atom stereocenters. The van der Waals surface area contributed by atoms with Crippen LogP contribution >= 0.6 is 34.7 Å². The first-order valence-electron chi connectivity index (χ1n) is 11.8. The predicted octanol–water partition coefficient (Wildman–Crippen LogP) is 6.03. The number of amides is 3. The molecule has 1 aromatic heterocycles. The highest BCUT2D eigenvalue weighted by atomic mass is 35.5. The first kappa shape index (κ1) is 28.0. The zero-order valence-corrected chi connectivity index (χ0v) is 23.4. The summed E-state index contributed by atoms with van der Waals surface area (Å²) < 4.78 is 0. The molecule has 0 fully saturated rings. The maximum Gasteiger partial charge on any atom is 0.272 e. The van der Waals surface area contributed by atoms with Crippen LogP contribution in [-0.2, 0) is 9.59 Å². The molecule has 0 radical (unpaired) electrons. The van der Waals surface area contributed by atoms with Gasteiger partial charge in [0.15, 0.2) is 0 Å². The summed E-state index contributed by atoms with van der Waals surface area (Å²) in [6.07, 6.45) is 1.56. The smallest absolute Gasteiger partial charge is 0.272 e. The molecule has 3 N–H and O–H groups in total. The number of hydrogen-bond acceptors (Lipinski definition) is 7. The fourth-order valence-corrected chi connectivity index (χ4v) is 5.08. The molecular weight excluding hydrogens is 554 g/mol. The summed E-state index contributed by atoms with van der Waals surface area (Å²) in [6.45, 7) is 3.60. The third kappa shape index (κ3) is 8.25. The molecule has 0 aliphatic heterocycles. The summed E-state index contributed by atoms with van der Waals surface area (Å²) in [5.74, 6) is -1.14. The lowest BCUT2D eigenvalue weighted by Crippen LogP contribution is -2.30. The van der Waals surface area contributed by atoms with Gasteiger partial charge in [-0.1, -0.05) is 59.3 Å². The van der Waals surface area contributed by atoms with Crippen molar-refractivity contribution in [3.63, 3.8) is 0 Å². The number of nitrogens with one attached hydrogen (secondary N) is 3. The summed E-state index contributed by atoms with van der Waals surface area (Å²) in [5.41, 5.74) is 1.61. The molecule has 39 heavy (non-hydrogen) atoms. The minimum atomic E-state index is -0.515. The Bertz CT molecular complexity index is 1520. The molecule has 198 valence electrons. The van der Waals surface area contributed by atoms with Crippen molar-refractivity contribution in [3.8, 4) is 0 Å². The number of carbonyl (C=O) groups is 3. The van der Waals surface area contributed by atoms with Gasteiger partial charge < -0.3 is 10.6 Å². The minimum Gasteiger partial charge on any atom is -0.321 e. The average molecular weight is 578 g/mol. The molecule has 3 amide bonds. The monoisotopic (exact) mass is 577 g/mol. The van der Waals surface area contributed by atoms with E-state index in [4.69, 9.17) is 11.6 Å². The highest BCUT2D eigenvalue weighted by Gasteiger charge is 2.18. The zero-order valence-electron chi connectivity index (χ0n) is 21.0. The van der Waals surface area contributed by atoms with Gasteiger partial charge in [0.2, 0.25) is 11.0 Å². The van der Waals surface area contributed by atoms with E-state index < -0.39 is 17.1 Å². The molecule has 4 rings (SSSR count). The lowest BCUT2D eigenvalue weighted by atomic mass is 10.1. The highest BCUT2D eigenvalue weighted by Crippen LogP contribution is 2.27. The van der Waals surface area contributed by atoms with Gasteiger partial charge >= 0.3 is 0 Å². The Morgan fingerprint density at radius 1 is 0.949 bits per heavy atom. The first-order chi connectivity index (χ1) is 18.8. The molecule has 4 aromatic rings. The minimum absolute atomic E-state index is 0.0456. The number of aromatic nitrogens is 2. The molecule has 3 aromatic carbocycles. The van der Waals surface area contributed by atoms with E-state index in [2.05, 4.69) is 26.1 Å². The predicted molar refractivity (Wildman–Crippen MR) is 157 cm³/mol. The van der Waals surface area contributed by atoms with Crippen molar-refractivity contribution in [2.45, 2.75) is 24.0 Å². The van der Waals surface area contributed by atoms with E-state index in [0.29, 0.717) is 27.0 Å². The number of nitrogens with zero attached hydrogens (tertiary/aromatic N) is 2. The Kier molecular flexibility index (Phi) is 9.48. The summed E-state index contributed by atoms with van der Waals surface area (Å²) in [6, 6.07) is 22.7. The summed E-state index contributed by atoms with van der Waals surface area (Å²) in [4.78, 5) is 39.5. The Labute approximate surface area is 238 Å². The Balaban J connectivity index is 1.48. The van der Waals surface area contributed by atoms with E-state index in [9.17, 15) is 14.4 Å². The van der Waals surface area contributed by atoms with Gasteiger partial charge in [-0.15, -0.1) is 22.0 Å². The van der Waals surface area contributed by atoms with Crippen molar-refractivity contribution < 1.29 is 14.4 Å². The molecule has 0 aliphatic rings. The van der Waals surface area contributed by atoms with Crippen LogP contribution in [0.4, 0.5) is 10.8 Å². The SMILES string of the molecule is Cc1nnc(NC(=O)C(C)Sc2cccc(NC(=O)/C(=C/c3cccc(Cl)c3)NC(=O)c3ccccc3)c2)s1. The molecule has 11 heteroatoms. The zero-order chi connectivity index (χ0) is 27.8. The Hall–Kier alpha value is -3.99. The third-order valence-corrected chi connectivity index (χ3v) is 7.30. The number of aryl methyl sites for hydroxylation is 1. The van der Waals surface area contributed by atoms with Crippen LogP contribution in [0.25, 0.3) is 6.08 Å². The largest absolute Gasteiger partial charge is 0.321 e. The lowest BCUT2D eigenvalue weighted by molar-refractivity contribution is -0.115. The van der Waals surface area contributed by atoms with Crippen LogP contribution in [0.5, 0.6) is 0 Å². The van der Waals surface area contributed by atoms with Crippen LogP contribution in [0, 0.1) is 6.92 Å². The van der Waals surface area contributed by atoms with E-state index in [1.807, 2.05) is 13.0 Å². The number of rotatable bonds is 9. The topological polar surface area (TPSA) is 113 Å². The van der Waals surface area contributed by atoms with Gasteiger partial charge in [0, 0.05) is 21.2 Å². The summed E-state index contributed by atoms with van der Waals surface area (Å²) >= 11 is 8.75. The van der Waals surface area contributed by atoms with Gasteiger partial charge in [0.05, 0.1) is 5.25 Å². The van der Waals surface area contributed by atoms with Crippen molar-refractivity contribution in [2.75, 3.05) is 10.6 Å². The number of benzene rings is 3. The second-order valence-electron chi connectivity index (χ2n) is 8.29.